The van der Waals surface area contributed by atoms with E-state index in [0.29, 0.717) is 29.6 Å². The van der Waals surface area contributed by atoms with E-state index in [1.54, 1.807) is 18.2 Å². The summed E-state index contributed by atoms with van der Waals surface area (Å²) in [4.78, 5) is 0. The second-order valence-corrected chi connectivity index (χ2v) is 5.90. The minimum atomic E-state index is -0.840. The predicted octanol–water partition coefficient (Wildman–Crippen LogP) is 2.73. The molecule has 0 saturated heterocycles. The van der Waals surface area contributed by atoms with Gasteiger partial charge in [-0.05, 0) is 18.1 Å². The second kappa shape index (κ2) is 7.88. The normalized spacial score (nSPS) is 13.6. The van der Waals surface area contributed by atoms with Gasteiger partial charge in [-0.25, -0.2) is 0 Å². The first kappa shape index (κ1) is 14.7. The summed E-state index contributed by atoms with van der Waals surface area (Å²) >= 11 is 0. The van der Waals surface area contributed by atoms with E-state index in [-0.39, 0.29) is 0 Å². The summed E-state index contributed by atoms with van der Waals surface area (Å²) in [5.74, 6) is 2.29. The quantitative estimate of drug-likeness (QED) is 0.761. The molecule has 0 fully saturated rings. The van der Waals surface area contributed by atoms with Gasteiger partial charge in [-0.3, -0.25) is 4.21 Å². The molecular formula is C14H19NO2S. The van der Waals surface area contributed by atoms with Crippen LogP contribution in [0.15, 0.2) is 24.3 Å². The molecule has 0 aliphatic carbocycles. The smallest absolute Gasteiger partial charge is 0.137 e. The van der Waals surface area contributed by atoms with Crippen molar-refractivity contribution < 1.29 is 8.95 Å². The minimum Gasteiger partial charge on any atom is -0.491 e. The molecule has 0 bridgehead atoms. The summed E-state index contributed by atoms with van der Waals surface area (Å²) < 4.78 is 17.2. The van der Waals surface area contributed by atoms with Crippen LogP contribution >= 0.6 is 0 Å². The van der Waals surface area contributed by atoms with Crippen molar-refractivity contribution in [1.82, 2.24) is 0 Å². The van der Waals surface area contributed by atoms with Gasteiger partial charge in [-0.15, -0.1) is 0 Å². The molecule has 3 nitrogen and oxygen atoms in total. The van der Waals surface area contributed by atoms with Gasteiger partial charge >= 0.3 is 0 Å². The molecular weight excluding hydrogens is 246 g/mol. The molecule has 1 rings (SSSR count). The molecule has 2 atom stereocenters. The maximum Gasteiger partial charge on any atom is 0.137 e. The van der Waals surface area contributed by atoms with E-state index in [4.69, 9.17) is 10.00 Å². The fraction of sp³-hybridized carbons (Fsp3) is 0.500. The highest BCUT2D eigenvalue weighted by Crippen LogP contribution is 2.16. The van der Waals surface area contributed by atoms with E-state index in [9.17, 15) is 4.21 Å². The number of nitrogens with zero attached hydrogens (tertiary/aromatic N) is 1. The first-order chi connectivity index (χ1) is 8.67. The van der Waals surface area contributed by atoms with Crippen molar-refractivity contribution in [3.63, 3.8) is 0 Å². The van der Waals surface area contributed by atoms with Gasteiger partial charge in [0.1, 0.15) is 11.8 Å². The topological polar surface area (TPSA) is 50.1 Å². The molecule has 0 heterocycles. The second-order valence-electron chi connectivity index (χ2n) is 4.28. The molecule has 0 aromatic heterocycles. The highest BCUT2D eigenvalue weighted by atomic mass is 32.2. The molecule has 0 N–H and O–H groups in total. The summed E-state index contributed by atoms with van der Waals surface area (Å²) in [6.07, 6.45) is 1.05. The van der Waals surface area contributed by atoms with E-state index < -0.39 is 10.8 Å². The predicted molar refractivity (Wildman–Crippen MR) is 74.0 cm³/mol. The van der Waals surface area contributed by atoms with Crippen LogP contribution in [0.1, 0.15) is 25.8 Å². The zero-order chi connectivity index (χ0) is 13.4. The number of hydrogen-bond donors (Lipinski definition) is 0. The molecule has 0 amide bonds. The van der Waals surface area contributed by atoms with Crippen LogP contribution in [0.4, 0.5) is 0 Å². The van der Waals surface area contributed by atoms with Gasteiger partial charge < -0.3 is 4.74 Å². The van der Waals surface area contributed by atoms with Crippen LogP contribution < -0.4 is 4.74 Å². The number of benzene rings is 1. The van der Waals surface area contributed by atoms with Crippen molar-refractivity contribution in [3.05, 3.63) is 29.8 Å². The Morgan fingerprint density at radius 3 is 2.83 bits per heavy atom. The Labute approximate surface area is 111 Å². The monoisotopic (exact) mass is 265 g/mol. The third-order valence-electron chi connectivity index (χ3n) is 2.74. The van der Waals surface area contributed by atoms with Crippen LogP contribution in [0.3, 0.4) is 0 Å². The molecule has 0 aliphatic rings. The van der Waals surface area contributed by atoms with Crippen LogP contribution in [-0.2, 0) is 10.8 Å². The van der Waals surface area contributed by atoms with Crippen LogP contribution in [-0.4, -0.2) is 22.3 Å². The minimum absolute atomic E-state index is 0.391. The summed E-state index contributed by atoms with van der Waals surface area (Å²) in [6.45, 7) is 4.59. The number of ether oxygens (including phenoxy) is 1. The summed E-state index contributed by atoms with van der Waals surface area (Å²) in [5, 5.41) is 8.89. The molecule has 1 aromatic carbocycles. The zero-order valence-electron chi connectivity index (χ0n) is 10.9. The van der Waals surface area contributed by atoms with E-state index >= 15 is 0 Å². The van der Waals surface area contributed by atoms with Crippen LogP contribution in [0.2, 0.25) is 0 Å². The Balaban J connectivity index is 2.38. The molecule has 2 unspecified atom stereocenters. The van der Waals surface area contributed by atoms with Crippen LogP contribution in [0.5, 0.6) is 5.75 Å². The highest BCUT2D eigenvalue weighted by Gasteiger charge is 2.07. The fourth-order valence-corrected chi connectivity index (χ4v) is 2.75. The molecule has 0 spiro atoms. The Kier molecular flexibility index (Phi) is 6.45. The lowest BCUT2D eigenvalue weighted by atomic mass is 10.2. The number of hydrogen-bond acceptors (Lipinski definition) is 3. The zero-order valence-corrected chi connectivity index (χ0v) is 11.7. The van der Waals surface area contributed by atoms with Gasteiger partial charge in [0.15, 0.2) is 0 Å². The van der Waals surface area contributed by atoms with E-state index in [1.807, 2.05) is 6.07 Å². The van der Waals surface area contributed by atoms with Crippen molar-refractivity contribution in [2.24, 2.45) is 5.92 Å². The summed E-state index contributed by atoms with van der Waals surface area (Å²) in [6, 6.07) is 9.17. The van der Waals surface area contributed by atoms with Crippen molar-refractivity contribution in [3.8, 4) is 11.8 Å². The molecule has 1 aromatic rings. The van der Waals surface area contributed by atoms with Crippen molar-refractivity contribution >= 4 is 10.8 Å². The van der Waals surface area contributed by atoms with Gasteiger partial charge in [0.05, 0.1) is 17.9 Å². The average Bonchev–Trinajstić information content (AvgIpc) is 2.39. The van der Waals surface area contributed by atoms with Gasteiger partial charge in [0, 0.05) is 16.6 Å². The lowest BCUT2D eigenvalue weighted by Crippen LogP contribution is -2.15. The third-order valence-corrected chi connectivity index (χ3v) is 4.31. The Bertz CT molecular complexity index is 440. The fourth-order valence-electron chi connectivity index (χ4n) is 1.45. The Morgan fingerprint density at radius 1 is 1.44 bits per heavy atom. The third kappa shape index (κ3) is 4.89. The standard InChI is InChI=1S/C14H19NO2S/c1-3-12(2)11-18(16)9-8-17-14-7-5-4-6-13(14)10-15/h4-7,12H,3,8-9,11H2,1-2H3. The first-order valence-corrected chi connectivity index (χ1v) is 7.63. The van der Waals surface area contributed by atoms with E-state index in [0.717, 1.165) is 12.2 Å². The van der Waals surface area contributed by atoms with E-state index in [1.165, 1.54) is 0 Å². The van der Waals surface area contributed by atoms with Crippen LogP contribution in [0.25, 0.3) is 0 Å². The van der Waals surface area contributed by atoms with E-state index in [2.05, 4.69) is 19.9 Å². The molecule has 98 valence electrons. The van der Waals surface area contributed by atoms with Crippen molar-refractivity contribution in [2.45, 2.75) is 20.3 Å². The van der Waals surface area contributed by atoms with Crippen LogP contribution in [0, 0.1) is 17.2 Å². The number of rotatable bonds is 7. The lowest BCUT2D eigenvalue weighted by Gasteiger charge is -2.09. The van der Waals surface area contributed by atoms with Gasteiger partial charge in [0.2, 0.25) is 0 Å². The Hall–Kier alpha value is -1.34. The largest absolute Gasteiger partial charge is 0.491 e. The van der Waals surface area contributed by atoms with Gasteiger partial charge in [-0.2, -0.15) is 5.26 Å². The highest BCUT2D eigenvalue weighted by molar-refractivity contribution is 7.85. The molecule has 0 radical (unpaired) electrons. The summed E-state index contributed by atoms with van der Waals surface area (Å²) in [7, 11) is -0.840. The van der Waals surface area contributed by atoms with Crippen molar-refractivity contribution in [2.75, 3.05) is 18.1 Å². The summed E-state index contributed by atoms with van der Waals surface area (Å²) in [5.41, 5.74) is 0.519. The maximum absolute atomic E-state index is 11.7. The first-order valence-electron chi connectivity index (χ1n) is 6.14. The maximum atomic E-state index is 11.7. The number of nitriles is 1. The van der Waals surface area contributed by atoms with Gasteiger partial charge in [0.25, 0.3) is 0 Å². The SMILES string of the molecule is CCC(C)CS(=O)CCOc1ccccc1C#N. The van der Waals surface area contributed by atoms with Gasteiger partial charge in [-0.1, -0.05) is 32.4 Å². The molecule has 0 aliphatic heterocycles. The molecule has 18 heavy (non-hydrogen) atoms. The number of para-hydroxylation sites is 1. The molecule has 4 heteroatoms. The Morgan fingerprint density at radius 2 is 2.17 bits per heavy atom. The average molecular weight is 265 g/mol. The van der Waals surface area contributed by atoms with Crippen molar-refractivity contribution in [1.29, 1.82) is 5.26 Å². The lowest BCUT2D eigenvalue weighted by molar-refractivity contribution is 0.341. The molecule has 0 saturated carbocycles.